The van der Waals surface area contributed by atoms with E-state index in [1.54, 1.807) is 6.07 Å². The van der Waals surface area contributed by atoms with E-state index in [0.29, 0.717) is 4.90 Å². The number of carbonyl (C=O) groups is 4. The standard InChI is InChI=1S/C25H17ClN2O8S/c1-35-24(31)15-7-10-18(11-8-15)28-23(30)20(22(29)27-25(28)32)14-16-13-17(26)9-12-21(16)36-37(33,34)19-5-3-2-4-6-19/h2-14H,1H3,(H,27,29,32)/b20-14+. The van der Waals surface area contributed by atoms with Gasteiger partial charge in [0.05, 0.1) is 18.4 Å². The summed E-state index contributed by atoms with van der Waals surface area (Å²) in [6.45, 7) is 0. The van der Waals surface area contributed by atoms with Gasteiger partial charge in [-0.05, 0) is 60.7 Å². The van der Waals surface area contributed by atoms with Gasteiger partial charge >= 0.3 is 22.1 Å². The van der Waals surface area contributed by atoms with Gasteiger partial charge in [-0.15, -0.1) is 0 Å². The molecule has 0 bridgehead atoms. The zero-order valence-electron chi connectivity index (χ0n) is 19.0. The fourth-order valence-electron chi connectivity index (χ4n) is 3.37. The Bertz CT molecular complexity index is 1550. The van der Waals surface area contributed by atoms with Gasteiger partial charge in [-0.2, -0.15) is 8.42 Å². The number of hydrogen-bond acceptors (Lipinski definition) is 8. The molecule has 0 atom stereocenters. The van der Waals surface area contributed by atoms with Gasteiger partial charge in [-0.3, -0.25) is 14.9 Å². The zero-order chi connectivity index (χ0) is 26.7. The summed E-state index contributed by atoms with van der Waals surface area (Å²) in [5, 5.41) is 2.23. The number of ether oxygens (including phenoxy) is 1. The maximum absolute atomic E-state index is 13.2. The van der Waals surface area contributed by atoms with Crippen LogP contribution in [0.1, 0.15) is 15.9 Å². The largest absolute Gasteiger partial charge is 0.465 e. The highest BCUT2D eigenvalue weighted by Crippen LogP contribution is 2.30. The molecule has 1 N–H and O–H groups in total. The summed E-state index contributed by atoms with van der Waals surface area (Å²) in [6.07, 6.45) is 1.07. The second-order valence-electron chi connectivity index (χ2n) is 7.53. The molecule has 3 aromatic rings. The van der Waals surface area contributed by atoms with Crippen molar-refractivity contribution in [2.24, 2.45) is 0 Å². The first-order chi connectivity index (χ1) is 17.6. The lowest BCUT2D eigenvalue weighted by atomic mass is 10.1. The van der Waals surface area contributed by atoms with Crippen molar-refractivity contribution in [2.75, 3.05) is 12.0 Å². The highest BCUT2D eigenvalue weighted by atomic mass is 35.5. The summed E-state index contributed by atoms with van der Waals surface area (Å²) in [7, 11) is -3.04. The molecule has 1 saturated heterocycles. The molecule has 0 aliphatic carbocycles. The molecule has 12 heteroatoms. The Morgan fingerprint density at radius 3 is 2.30 bits per heavy atom. The Labute approximate surface area is 216 Å². The minimum absolute atomic E-state index is 0.000782. The van der Waals surface area contributed by atoms with Crippen LogP contribution in [-0.4, -0.2) is 39.3 Å². The Morgan fingerprint density at radius 1 is 0.973 bits per heavy atom. The molecule has 37 heavy (non-hydrogen) atoms. The van der Waals surface area contributed by atoms with Gasteiger partial charge in [0.1, 0.15) is 16.2 Å². The number of methoxy groups -OCH3 is 1. The van der Waals surface area contributed by atoms with Gasteiger partial charge in [0.2, 0.25) is 0 Å². The molecule has 0 spiro atoms. The normalized spacial score (nSPS) is 14.9. The summed E-state index contributed by atoms with van der Waals surface area (Å²) in [5.41, 5.74) is -0.229. The van der Waals surface area contributed by atoms with Crippen LogP contribution in [0.15, 0.2) is 83.3 Å². The van der Waals surface area contributed by atoms with Crippen LogP contribution < -0.4 is 14.4 Å². The Kier molecular flexibility index (Phi) is 7.09. The second-order valence-corrected chi connectivity index (χ2v) is 9.51. The maximum Gasteiger partial charge on any atom is 0.339 e. The first-order valence-corrected chi connectivity index (χ1v) is 12.3. The topological polar surface area (TPSA) is 136 Å². The lowest BCUT2D eigenvalue weighted by Crippen LogP contribution is -2.54. The van der Waals surface area contributed by atoms with Crippen LogP contribution in [0, 0.1) is 0 Å². The molecule has 4 rings (SSSR count). The number of carbonyl (C=O) groups excluding carboxylic acids is 4. The number of anilines is 1. The van der Waals surface area contributed by atoms with E-state index in [1.165, 1.54) is 73.8 Å². The van der Waals surface area contributed by atoms with E-state index >= 15 is 0 Å². The van der Waals surface area contributed by atoms with E-state index in [4.69, 9.17) is 15.8 Å². The van der Waals surface area contributed by atoms with Crippen molar-refractivity contribution in [1.82, 2.24) is 5.32 Å². The van der Waals surface area contributed by atoms with Gasteiger partial charge in [-0.1, -0.05) is 29.8 Å². The predicted octanol–water partition coefficient (Wildman–Crippen LogP) is 3.56. The molecule has 0 saturated carbocycles. The lowest BCUT2D eigenvalue weighted by Gasteiger charge is -2.26. The molecular formula is C25H17ClN2O8S. The lowest BCUT2D eigenvalue weighted by molar-refractivity contribution is -0.122. The first kappa shape index (κ1) is 25.6. The molecule has 1 heterocycles. The molecule has 1 aliphatic rings. The van der Waals surface area contributed by atoms with Crippen molar-refractivity contribution in [3.05, 3.63) is 94.5 Å². The average molecular weight is 541 g/mol. The Hall–Kier alpha value is -4.48. The Balaban J connectivity index is 1.72. The van der Waals surface area contributed by atoms with Gasteiger partial charge in [0, 0.05) is 10.6 Å². The van der Waals surface area contributed by atoms with Crippen molar-refractivity contribution in [2.45, 2.75) is 4.90 Å². The molecule has 4 amide bonds. The summed E-state index contributed by atoms with van der Waals surface area (Å²) in [5.74, 6) is -2.81. The number of halogens is 1. The zero-order valence-corrected chi connectivity index (χ0v) is 20.6. The van der Waals surface area contributed by atoms with Crippen molar-refractivity contribution >= 4 is 57.3 Å². The van der Waals surface area contributed by atoms with Crippen LogP contribution in [0.5, 0.6) is 5.75 Å². The molecule has 0 radical (unpaired) electrons. The number of rotatable bonds is 6. The van der Waals surface area contributed by atoms with E-state index in [1.807, 2.05) is 0 Å². The van der Waals surface area contributed by atoms with Crippen LogP contribution in [0.25, 0.3) is 6.08 Å². The number of barbiturate groups is 1. The van der Waals surface area contributed by atoms with E-state index in [9.17, 15) is 27.6 Å². The maximum atomic E-state index is 13.2. The molecule has 188 valence electrons. The third kappa shape index (κ3) is 5.37. The molecule has 1 aliphatic heterocycles. The fraction of sp³-hybridized carbons (Fsp3) is 0.0400. The van der Waals surface area contributed by atoms with Crippen LogP contribution in [0.3, 0.4) is 0 Å². The van der Waals surface area contributed by atoms with Gasteiger partial charge < -0.3 is 8.92 Å². The number of amides is 4. The van der Waals surface area contributed by atoms with Crippen molar-refractivity contribution < 1.29 is 36.5 Å². The van der Waals surface area contributed by atoms with Crippen LogP contribution >= 0.6 is 11.6 Å². The van der Waals surface area contributed by atoms with Crippen LogP contribution in [0.4, 0.5) is 10.5 Å². The molecule has 1 fully saturated rings. The Morgan fingerprint density at radius 2 is 1.65 bits per heavy atom. The van der Waals surface area contributed by atoms with E-state index in [0.717, 1.165) is 6.08 Å². The number of nitrogens with one attached hydrogen (secondary N) is 1. The molecule has 0 aromatic heterocycles. The van der Waals surface area contributed by atoms with E-state index < -0.39 is 39.5 Å². The minimum atomic E-state index is -4.25. The highest BCUT2D eigenvalue weighted by Gasteiger charge is 2.37. The van der Waals surface area contributed by atoms with Crippen molar-refractivity contribution in [3.63, 3.8) is 0 Å². The van der Waals surface area contributed by atoms with E-state index in [2.05, 4.69) is 10.1 Å². The summed E-state index contributed by atoms with van der Waals surface area (Å²) in [4.78, 5) is 50.5. The molecule has 10 nitrogen and oxygen atoms in total. The number of esters is 1. The van der Waals surface area contributed by atoms with Gasteiger partial charge in [-0.25, -0.2) is 14.5 Å². The quantitative estimate of drug-likeness (QED) is 0.217. The summed E-state index contributed by atoms with van der Waals surface area (Å²) in [6, 6.07) is 15.7. The predicted molar refractivity (Wildman–Crippen MR) is 132 cm³/mol. The molecular weight excluding hydrogens is 524 g/mol. The first-order valence-electron chi connectivity index (χ1n) is 10.5. The van der Waals surface area contributed by atoms with Crippen LogP contribution in [0.2, 0.25) is 5.02 Å². The van der Waals surface area contributed by atoms with Crippen molar-refractivity contribution in [3.8, 4) is 5.75 Å². The number of hydrogen-bond donors (Lipinski definition) is 1. The summed E-state index contributed by atoms with van der Waals surface area (Å²) < 4.78 is 35.4. The third-order valence-electron chi connectivity index (χ3n) is 5.15. The number of nitrogens with zero attached hydrogens (tertiary/aromatic N) is 1. The minimum Gasteiger partial charge on any atom is -0.465 e. The van der Waals surface area contributed by atoms with E-state index in [-0.39, 0.29) is 32.5 Å². The van der Waals surface area contributed by atoms with Gasteiger partial charge in [0.25, 0.3) is 11.8 Å². The number of urea groups is 1. The second kappa shape index (κ2) is 10.2. The number of benzene rings is 3. The number of imide groups is 2. The highest BCUT2D eigenvalue weighted by molar-refractivity contribution is 7.87. The SMILES string of the molecule is COC(=O)c1ccc(N2C(=O)NC(=O)/C(=C\c3cc(Cl)ccc3OS(=O)(=O)c3ccccc3)C2=O)cc1. The average Bonchev–Trinajstić information content (AvgIpc) is 2.88. The monoisotopic (exact) mass is 540 g/mol. The fourth-order valence-corrected chi connectivity index (χ4v) is 4.53. The summed E-state index contributed by atoms with van der Waals surface area (Å²) >= 11 is 6.07. The molecule has 0 unspecified atom stereocenters. The molecule has 3 aromatic carbocycles. The van der Waals surface area contributed by atoms with Crippen molar-refractivity contribution in [1.29, 1.82) is 0 Å². The van der Waals surface area contributed by atoms with Crippen LogP contribution in [-0.2, 0) is 24.4 Å². The smallest absolute Gasteiger partial charge is 0.339 e. The third-order valence-corrected chi connectivity index (χ3v) is 6.63. The van der Waals surface area contributed by atoms with Gasteiger partial charge in [0.15, 0.2) is 0 Å².